The van der Waals surface area contributed by atoms with E-state index < -0.39 is 11.4 Å². The second-order valence-electron chi connectivity index (χ2n) is 7.42. The number of nitro groups is 1. The number of rotatable bonds is 5. The van der Waals surface area contributed by atoms with Gasteiger partial charge < -0.3 is 10.0 Å². The van der Waals surface area contributed by atoms with Gasteiger partial charge in [0.25, 0.3) is 5.69 Å². The van der Waals surface area contributed by atoms with E-state index in [1.807, 2.05) is 0 Å². The number of anilines is 1. The molecule has 2 heterocycles. The number of carbonyl (C=O) groups is 1. The van der Waals surface area contributed by atoms with Gasteiger partial charge in [-0.05, 0) is 38.8 Å². The molecule has 24 heavy (non-hydrogen) atoms. The summed E-state index contributed by atoms with van der Waals surface area (Å²) >= 11 is 0. The number of hydrogen-bond acceptors (Lipinski definition) is 5. The van der Waals surface area contributed by atoms with Crippen molar-refractivity contribution in [1.82, 2.24) is 4.90 Å². The summed E-state index contributed by atoms with van der Waals surface area (Å²) in [5, 5.41) is 20.1. The lowest BCUT2D eigenvalue weighted by Gasteiger charge is -2.44. The molecule has 2 saturated heterocycles. The quantitative estimate of drug-likeness (QED) is 0.657. The van der Waals surface area contributed by atoms with Crippen molar-refractivity contribution in [2.75, 3.05) is 24.5 Å². The smallest absolute Gasteiger partial charge is 0.310 e. The number of benzene rings is 1. The molecular weight excluding hydrogens is 310 g/mol. The molecule has 7 nitrogen and oxygen atoms in total. The summed E-state index contributed by atoms with van der Waals surface area (Å²) in [6.07, 6.45) is 2.15. The van der Waals surface area contributed by atoms with E-state index in [0.717, 1.165) is 31.6 Å². The van der Waals surface area contributed by atoms with Crippen molar-refractivity contribution in [1.29, 1.82) is 0 Å². The lowest BCUT2D eigenvalue weighted by molar-refractivity contribution is -0.384. The molecule has 0 spiro atoms. The van der Waals surface area contributed by atoms with Gasteiger partial charge in [0.05, 0.1) is 10.3 Å². The summed E-state index contributed by atoms with van der Waals surface area (Å²) in [4.78, 5) is 26.4. The second-order valence-corrected chi connectivity index (χ2v) is 7.42. The Balaban J connectivity index is 1.71. The molecule has 0 radical (unpaired) electrons. The van der Waals surface area contributed by atoms with E-state index in [9.17, 15) is 20.0 Å². The maximum atomic E-state index is 11.4. The minimum Gasteiger partial charge on any atom is -0.481 e. The average molecular weight is 333 g/mol. The Bertz CT molecular complexity index is 630. The van der Waals surface area contributed by atoms with Crippen LogP contribution in [0.4, 0.5) is 11.4 Å². The molecule has 7 heteroatoms. The summed E-state index contributed by atoms with van der Waals surface area (Å²) in [5.41, 5.74) is 0.342. The van der Waals surface area contributed by atoms with Gasteiger partial charge in [-0.3, -0.25) is 19.8 Å². The highest BCUT2D eigenvalue weighted by Crippen LogP contribution is 2.35. The fourth-order valence-electron chi connectivity index (χ4n) is 3.77. The van der Waals surface area contributed by atoms with Gasteiger partial charge in [0.2, 0.25) is 0 Å². The summed E-state index contributed by atoms with van der Waals surface area (Å²) in [7, 11) is 0. The highest BCUT2D eigenvalue weighted by Gasteiger charge is 2.43. The Labute approximate surface area is 141 Å². The van der Waals surface area contributed by atoms with E-state index in [1.54, 1.807) is 26.0 Å². The second kappa shape index (κ2) is 6.05. The first kappa shape index (κ1) is 16.7. The molecule has 130 valence electrons. The predicted octanol–water partition coefficient (Wildman–Crippen LogP) is 2.36. The third-order valence-corrected chi connectivity index (χ3v) is 5.22. The number of aliphatic carboxylic acids is 1. The maximum Gasteiger partial charge on any atom is 0.310 e. The van der Waals surface area contributed by atoms with Crippen molar-refractivity contribution in [2.24, 2.45) is 5.41 Å². The van der Waals surface area contributed by atoms with Crippen LogP contribution in [0.3, 0.4) is 0 Å². The molecule has 2 unspecified atom stereocenters. The Kier molecular flexibility index (Phi) is 4.21. The first-order valence-electron chi connectivity index (χ1n) is 8.26. The van der Waals surface area contributed by atoms with Crippen molar-refractivity contribution in [3.63, 3.8) is 0 Å². The van der Waals surface area contributed by atoms with Crippen LogP contribution in [0.5, 0.6) is 0 Å². The van der Waals surface area contributed by atoms with Gasteiger partial charge in [-0.2, -0.15) is 0 Å². The molecule has 2 fully saturated rings. The Morgan fingerprint density at radius 2 is 1.79 bits per heavy atom. The van der Waals surface area contributed by atoms with Crippen molar-refractivity contribution in [2.45, 2.75) is 38.8 Å². The largest absolute Gasteiger partial charge is 0.481 e. The molecule has 3 rings (SSSR count). The minimum atomic E-state index is -0.764. The fraction of sp³-hybridized carbons (Fsp3) is 0.588. The Morgan fingerprint density at radius 1 is 1.25 bits per heavy atom. The van der Waals surface area contributed by atoms with E-state index in [-0.39, 0.29) is 10.6 Å². The van der Waals surface area contributed by atoms with E-state index in [4.69, 9.17) is 0 Å². The number of hydrogen-bond donors (Lipinski definition) is 1. The zero-order valence-electron chi connectivity index (χ0n) is 14.0. The van der Waals surface area contributed by atoms with Crippen LogP contribution in [0.1, 0.15) is 26.7 Å². The molecule has 1 aromatic rings. The molecule has 0 saturated carbocycles. The lowest BCUT2D eigenvalue weighted by atomic mass is 9.92. The molecule has 2 aliphatic rings. The first-order valence-corrected chi connectivity index (χ1v) is 8.26. The van der Waals surface area contributed by atoms with E-state index >= 15 is 0 Å². The number of nitro benzene ring substituents is 1. The number of piperazine rings is 1. The Hall–Kier alpha value is -2.15. The number of carboxylic acid groups (broad SMARTS) is 1. The molecule has 2 bridgehead atoms. The molecular formula is C17H23N3O4. The minimum absolute atomic E-state index is 0.101. The van der Waals surface area contributed by atoms with Gasteiger partial charge in [0.15, 0.2) is 0 Å². The summed E-state index contributed by atoms with van der Waals surface area (Å²) in [6.45, 7) is 5.79. The van der Waals surface area contributed by atoms with E-state index in [2.05, 4.69) is 9.80 Å². The monoisotopic (exact) mass is 333 g/mol. The number of non-ortho nitro benzene ring substituents is 1. The standard InChI is InChI=1S/C17H23N3O4/c1-17(2,16(21)22)11-19-14-7-8-15(19)10-18(9-14)12-3-5-13(6-4-12)20(23)24/h3-6,14-15H,7-11H2,1-2H3,(H,21,22). The first-order chi connectivity index (χ1) is 11.3. The van der Waals surface area contributed by atoms with Crippen LogP contribution in [-0.2, 0) is 4.79 Å². The third kappa shape index (κ3) is 3.08. The summed E-state index contributed by atoms with van der Waals surface area (Å²) < 4.78 is 0. The zero-order valence-corrected chi connectivity index (χ0v) is 14.0. The third-order valence-electron chi connectivity index (χ3n) is 5.22. The Morgan fingerprint density at radius 3 is 2.25 bits per heavy atom. The van der Waals surface area contributed by atoms with Gasteiger partial charge in [-0.15, -0.1) is 0 Å². The van der Waals surface area contributed by atoms with Crippen LogP contribution in [0.15, 0.2) is 24.3 Å². The molecule has 2 atom stereocenters. The van der Waals surface area contributed by atoms with E-state index in [1.165, 1.54) is 12.1 Å². The maximum absolute atomic E-state index is 11.4. The van der Waals surface area contributed by atoms with Crippen molar-refractivity contribution < 1.29 is 14.8 Å². The van der Waals surface area contributed by atoms with Crippen molar-refractivity contribution >= 4 is 17.3 Å². The average Bonchev–Trinajstić information content (AvgIpc) is 2.76. The van der Waals surface area contributed by atoms with Gasteiger partial charge in [-0.1, -0.05) is 0 Å². The highest BCUT2D eigenvalue weighted by atomic mass is 16.6. The molecule has 0 aromatic heterocycles. The lowest BCUT2D eigenvalue weighted by Crippen LogP contribution is -2.56. The van der Waals surface area contributed by atoms with Crippen molar-refractivity contribution in [3.8, 4) is 0 Å². The van der Waals surface area contributed by atoms with Crippen molar-refractivity contribution in [3.05, 3.63) is 34.4 Å². The van der Waals surface area contributed by atoms with Crippen LogP contribution in [0.2, 0.25) is 0 Å². The molecule has 1 aromatic carbocycles. The van der Waals surface area contributed by atoms with Gasteiger partial charge in [0, 0.05) is 49.5 Å². The van der Waals surface area contributed by atoms with Crippen LogP contribution >= 0.6 is 0 Å². The van der Waals surface area contributed by atoms with Gasteiger partial charge in [-0.25, -0.2) is 0 Å². The van der Waals surface area contributed by atoms with E-state index in [0.29, 0.717) is 18.6 Å². The number of fused-ring (bicyclic) bond motifs is 2. The summed E-state index contributed by atoms with van der Waals surface area (Å²) in [5.74, 6) is -0.764. The molecule has 2 aliphatic heterocycles. The molecule has 0 aliphatic carbocycles. The fourth-order valence-corrected chi connectivity index (χ4v) is 3.77. The topological polar surface area (TPSA) is 86.9 Å². The predicted molar refractivity (Wildman–Crippen MR) is 90.2 cm³/mol. The zero-order chi connectivity index (χ0) is 17.5. The normalized spacial score (nSPS) is 24.2. The molecule has 0 amide bonds. The van der Waals surface area contributed by atoms with Crippen LogP contribution < -0.4 is 4.90 Å². The van der Waals surface area contributed by atoms with Crippen LogP contribution in [0, 0.1) is 15.5 Å². The molecule has 1 N–H and O–H groups in total. The van der Waals surface area contributed by atoms with Gasteiger partial charge >= 0.3 is 5.97 Å². The van der Waals surface area contributed by atoms with Crippen LogP contribution in [0.25, 0.3) is 0 Å². The number of carboxylic acids is 1. The SMILES string of the molecule is CC(C)(CN1C2CCC1CN(c1ccc([N+](=O)[O-])cc1)C2)C(=O)O. The summed E-state index contributed by atoms with van der Waals surface area (Å²) in [6, 6.07) is 7.37. The number of nitrogens with zero attached hydrogens (tertiary/aromatic N) is 3. The van der Waals surface area contributed by atoms with Gasteiger partial charge in [0.1, 0.15) is 0 Å². The highest BCUT2D eigenvalue weighted by molar-refractivity contribution is 5.73. The van der Waals surface area contributed by atoms with Crippen LogP contribution in [-0.4, -0.2) is 52.6 Å².